The molecule has 0 aliphatic carbocycles. The number of hydrogen-bond donors (Lipinski definition) is 1. The van der Waals surface area contributed by atoms with Crippen molar-refractivity contribution in [2.45, 2.75) is 91.0 Å². The minimum absolute atomic E-state index is 0.00832. The molecule has 0 bridgehead atoms. The fourth-order valence-corrected chi connectivity index (χ4v) is 6.14. The van der Waals surface area contributed by atoms with Gasteiger partial charge in [-0.3, -0.25) is 9.59 Å². The zero-order valence-electron chi connectivity index (χ0n) is 26.4. The summed E-state index contributed by atoms with van der Waals surface area (Å²) in [6.07, 6.45) is 3.58. The average molecular weight is 602 g/mol. The number of ether oxygens (including phenoxy) is 1. The Kier molecular flexibility index (Phi) is 9.30. The van der Waals surface area contributed by atoms with Crippen molar-refractivity contribution in [3.8, 4) is 0 Å². The van der Waals surface area contributed by atoms with E-state index < -0.39 is 23.2 Å². The van der Waals surface area contributed by atoms with Crippen LogP contribution in [0.4, 0.5) is 0 Å². The first-order valence-corrected chi connectivity index (χ1v) is 15.6. The summed E-state index contributed by atoms with van der Waals surface area (Å²) in [6.45, 7) is 16.0. The maximum Gasteiger partial charge on any atom is 0.336 e. The summed E-state index contributed by atoms with van der Waals surface area (Å²) in [4.78, 5) is 49.0. The van der Waals surface area contributed by atoms with E-state index in [9.17, 15) is 14.4 Å². The van der Waals surface area contributed by atoms with Crippen LogP contribution in [0.2, 0.25) is 0 Å². The first kappa shape index (κ1) is 32.1. The van der Waals surface area contributed by atoms with Crippen molar-refractivity contribution < 1.29 is 19.1 Å². The van der Waals surface area contributed by atoms with Crippen LogP contribution >= 0.6 is 11.3 Å². The van der Waals surface area contributed by atoms with Crippen molar-refractivity contribution in [3.05, 3.63) is 99.5 Å². The lowest BCUT2D eigenvalue weighted by Gasteiger charge is -2.41. The number of nitrogens with one attached hydrogen (secondary N) is 1. The van der Waals surface area contributed by atoms with Gasteiger partial charge in [-0.25, -0.2) is 9.78 Å². The molecule has 43 heavy (non-hydrogen) atoms. The molecular weight excluding hydrogens is 558 g/mol. The number of amides is 2. The number of carbonyl (C=O) groups is 3. The maximum atomic E-state index is 14.7. The number of hydrogen-bond acceptors (Lipinski definition) is 6. The van der Waals surface area contributed by atoms with Gasteiger partial charge in [-0.05, 0) is 67.9 Å². The van der Waals surface area contributed by atoms with E-state index in [0.717, 1.165) is 11.1 Å². The van der Waals surface area contributed by atoms with Crippen LogP contribution in [0, 0.1) is 5.92 Å². The average Bonchev–Trinajstić information content (AvgIpc) is 3.57. The molecule has 1 aliphatic heterocycles. The molecule has 1 aliphatic rings. The Labute approximate surface area is 259 Å². The van der Waals surface area contributed by atoms with E-state index in [1.807, 2.05) is 61.7 Å². The summed E-state index contributed by atoms with van der Waals surface area (Å²) in [5.74, 6) is -1.31. The second kappa shape index (κ2) is 12.4. The zero-order valence-corrected chi connectivity index (χ0v) is 27.2. The highest BCUT2D eigenvalue weighted by atomic mass is 32.1. The largest absolute Gasteiger partial charge is 0.458 e. The van der Waals surface area contributed by atoms with Gasteiger partial charge >= 0.3 is 5.97 Å². The smallest absolute Gasteiger partial charge is 0.336 e. The molecule has 3 aromatic rings. The Hall–Kier alpha value is -3.78. The summed E-state index contributed by atoms with van der Waals surface area (Å²) < 4.78 is 6.00. The van der Waals surface area contributed by atoms with Gasteiger partial charge in [0.25, 0.3) is 5.91 Å². The summed E-state index contributed by atoms with van der Waals surface area (Å²) in [6, 6.07) is 16.2. The van der Waals surface area contributed by atoms with Gasteiger partial charge in [-0.2, -0.15) is 0 Å². The third kappa shape index (κ3) is 7.24. The number of benzene rings is 2. The number of esters is 1. The van der Waals surface area contributed by atoms with E-state index >= 15 is 0 Å². The predicted octanol–water partition coefficient (Wildman–Crippen LogP) is 7.01. The first-order chi connectivity index (χ1) is 20.1. The molecule has 228 valence electrons. The van der Waals surface area contributed by atoms with Crippen LogP contribution in [0.1, 0.15) is 94.3 Å². The number of carbonyl (C=O) groups excluding carboxylic acids is 3. The summed E-state index contributed by atoms with van der Waals surface area (Å²) in [5, 5.41) is 5.38. The van der Waals surface area contributed by atoms with Crippen LogP contribution in [-0.4, -0.2) is 38.8 Å². The van der Waals surface area contributed by atoms with Gasteiger partial charge in [0.1, 0.15) is 16.7 Å². The van der Waals surface area contributed by atoms with E-state index in [1.165, 1.54) is 11.3 Å². The van der Waals surface area contributed by atoms with Crippen molar-refractivity contribution >= 4 is 29.1 Å². The van der Waals surface area contributed by atoms with E-state index in [2.05, 4.69) is 31.1 Å². The van der Waals surface area contributed by atoms with Crippen LogP contribution in [0.3, 0.4) is 0 Å². The lowest BCUT2D eigenvalue weighted by Crippen LogP contribution is -2.56. The van der Waals surface area contributed by atoms with Crippen LogP contribution in [0.25, 0.3) is 0 Å². The van der Waals surface area contributed by atoms with Crippen molar-refractivity contribution in [3.63, 3.8) is 0 Å². The molecule has 2 amide bonds. The van der Waals surface area contributed by atoms with Crippen molar-refractivity contribution in [1.29, 1.82) is 0 Å². The van der Waals surface area contributed by atoms with E-state index in [4.69, 9.17) is 4.74 Å². The standard InChI is InChI=1S/C35H43N3O4S/c1-23(2)20-35(32(41)42-34(6,7)8)21-27(29(39)37-22-24-12-10-9-11-13-24)28(30-36-18-19-43-30)38(35)31(40)25-14-16-26(17-15-25)33(3,4)5/h9-19,21,23,28H,20,22H2,1-8H3,(H,37,39)/t28-,35+/m1/s1. The quantitative estimate of drug-likeness (QED) is 0.281. The van der Waals surface area contributed by atoms with Gasteiger partial charge in [0.15, 0.2) is 5.54 Å². The number of aromatic nitrogens is 1. The normalized spacial score (nSPS) is 18.9. The van der Waals surface area contributed by atoms with Gasteiger partial charge < -0.3 is 15.0 Å². The molecule has 0 fully saturated rings. The van der Waals surface area contributed by atoms with Gasteiger partial charge in [-0.1, -0.05) is 77.1 Å². The fourth-order valence-electron chi connectivity index (χ4n) is 5.40. The second-order valence-corrected chi connectivity index (χ2v) is 14.5. The fraction of sp³-hybridized carbons (Fsp3) is 0.429. The maximum absolute atomic E-state index is 14.7. The zero-order chi connectivity index (χ0) is 31.6. The van der Waals surface area contributed by atoms with E-state index in [1.54, 1.807) is 50.1 Å². The summed E-state index contributed by atoms with van der Waals surface area (Å²) in [5.41, 5.74) is 0.309. The van der Waals surface area contributed by atoms with Crippen LogP contribution in [-0.2, 0) is 26.3 Å². The third-order valence-electron chi connectivity index (χ3n) is 7.31. The Morgan fingerprint density at radius 2 is 1.65 bits per heavy atom. The van der Waals surface area contributed by atoms with Crippen LogP contribution < -0.4 is 5.32 Å². The Bertz CT molecular complexity index is 1470. The molecule has 0 spiro atoms. The third-order valence-corrected chi connectivity index (χ3v) is 8.14. The number of nitrogens with zero attached hydrogens (tertiary/aromatic N) is 2. The molecule has 2 aromatic carbocycles. The highest BCUT2D eigenvalue weighted by Gasteiger charge is 2.57. The minimum atomic E-state index is -1.53. The van der Waals surface area contributed by atoms with Crippen molar-refractivity contribution in [2.75, 3.05) is 0 Å². The van der Waals surface area contributed by atoms with Crippen LogP contribution in [0.15, 0.2) is 77.8 Å². The summed E-state index contributed by atoms with van der Waals surface area (Å²) in [7, 11) is 0. The van der Waals surface area contributed by atoms with Crippen molar-refractivity contribution in [1.82, 2.24) is 15.2 Å². The van der Waals surface area contributed by atoms with E-state index in [0.29, 0.717) is 22.7 Å². The molecule has 0 unspecified atom stereocenters. The first-order valence-electron chi connectivity index (χ1n) is 14.7. The Morgan fingerprint density at radius 3 is 2.19 bits per heavy atom. The molecule has 8 heteroatoms. The van der Waals surface area contributed by atoms with Gasteiger partial charge in [0, 0.05) is 29.3 Å². The number of thiazole rings is 1. The lowest BCUT2D eigenvalue weighted by molar-refractivity contribution is -0.166. The van der Waals surface area contributed by atoms with Crippen LogP contribution in [0.5, 0.6) is 0 Å². The van der Waals surface area contributed by atoms with Crippen molar-refractivity contribution in [2.24, 2.45) is 5.92 Å². The minimum Gasteiger partial charge on any atom is -0.458 e. The second-order valence-electron chi connectivity index (χ2n) is 13.6. The van der Waals surface area contributed by atoms with Gasteiger partial charge in [-0.15, -0.1) is 11.3 Å². The highest BCUT2D eigenvalue weighted by molar-refractivity contribution is 7.09. The highest BCUT2D eigenvalue weighted by Crippen LogP contribution is 2.48. The molecule has 1 N–H and O–H groups in total. The molecule has 0 radical (unpaired) electrons. The molecule has 7 nitrogen and oxygen atoms in total. The van der Waals surface area contributed by atoms with Gasteiger partial charge in [0.2, 0.25) is 5.91 Å². The Balaban J connectivity index is 1.88. The number of rotatable bonds is 8. The van der Waals surface area contributed by atoms with Gasteiger partial charge in [0.05, 0.1) is 0 Å². The molecule has 0 saturated carbocycles. The predicted molar refractivity (Wildman–Crippen MR) is 171 cm³/mol. The lowest BCUT2D eigenvalue weighted by atomic mass is 9.85. The monoisotopic (exact) mass is 601 g/mol. The molecule has 2 atom stereocenters. The Morgan fingerprint density at radius 1 is 1.00 bits per heavy atom. The SMILES string of the molecule is CC(C)C[C@@]1(C(=O)OC(C)(C)C)C=C(C(=O)NCc2ccccc2)[C@H](c2nccs2)N1C(=O)c1ccc(C(C)(C)C)cc1. The molecular formula is C35H43N3O4S. The molecule has 0 saturated heterocycles. The topological polar surface area (TPSA) is 88.6 Å². The molecule has 4 rings (SSSR count). The molecule has 2 heterocycles. The summed E-state index contributed by atoms with van der Waals surface area (Å²) >= 11 is 1.34. The van der Waals surface area contributed by atoms with E-state index in [-0.39, 0.29) is 29.6 Å². The molecule has 1 aromatic heterocycles.